The highest BCUT2D eigenvalue weighted by molar-refractivity contribution is 7.80. The van der Waals surface area contributed by atoms with E-state index >= 15 is 0 Å². The molecule has 0 radical (unpaired) electrons. The molecule has 4 heteroatoms. The molecule has 1 aromatic carbocycles. The Morgan fingerprint density at radius 1 is 1.28 bits per heavy atom. The van der Waals surface area contributed by atoms with E-state index in [0.29, 0.717) is 0 Å². The molecule has 1 heterocycles. The van der Waals surface area contributed by atoms with E-state index in [2.05, 4.69) is 48.5 Å². The van der Waals surface area contributed by atoms with Crippen molar-refractivity contribution in [3.63, 3.8) is 0 Å². The second kappa shape index (κ2) is 6.16. The first kappa shape index (κ1) is 13.3. The third-order valence-corrected chi connectivity index (χ3v) is 3.92. The molecule has 2 N–H and O–H groups in total. The van der Waals surface area contributed by atoms with Crippen molar-refractivity contribution in [1.82, 2.24) is 10.2 Å². The maximum Gasteiger partial charge on any atom is 0.169 e. The van der Waals surface area contributed by atoms with E-state index < -0.39 is 0 Å². The summed E-state index contributed by atoms with van der Waals surface area (Å²) in [4.78, 5) is 3.87. The van der Waals surface area contributed by atoms with Crippen LogP contribution in [-0.4, -0.2) is 43.2 Å². The van der Waals surface area contributed by atoms with E-state index in [1.807, 2.05) is 6.07 Å². The zero-order valence-corrected chi connectivity index (χ0v) is 12.0. The number of nitrogens with one attached hydrogen (secondary N) is 2. The van der Waals surface area contributed by atoms with E-state index in [1.165, 1.54) is 18.7 Å². The predicted molar refractivity (Wildman–Crippen MR) is 78.8 cm³/mol. The molecule has 18 heavy (non-hydrogen) atoms. The minimum absolute atomic E-state index is 0.269. The summed E-state index contributed by atoms with van der Waals surface area (Å²) in [6.07, 6.45) is 0. The molecule has 1 aliphatic rings. The first-order valence-corrected chi connectivity index (χ1v) is 6.99. The summed E-state index contributed by atoms with van der Waals surface area (Å²) in [5.41, 5.74) is 1.28. The minimum atomic E-state index is 0.269. The van der Waals surface area contributed by atoms with Crippen LogP contribution in [0.25, 0.3) is 0 Å². The Hall–Kier alpha value is -1.13. The molecule has 0 bridgehead atoms. The number of piperazine rings is 1. The zero-order chi connectivity index (χ0) is 13.0. The lowest BCUT2D eigenvalue weighted by Gasteiger charge is -2.33. The van der Waals surface area contributed by atoms with Gasteiger partial charge < -0.3 is 15.1 Å². The number of hydrogen-bond acceptors (Lipinski definition) is 1. The van der Waals surface area contributed by atoms with Gasteiger partial charge in [-0.15, -0.1) is 0 Å². The Kier molecular flexibility index (Phi) is 4.55. The van der Waals surface area contributed by atoms with Crippen LogP contribution in [0.4, 0.5) is 0 Å². The van der Waals surface area contributed by atoms with Gasteiger partial charge in [0.25, 0.3) is 0 Å². The first-order chi connectivity index (χ1) is 8.66. The van der Waals surface area contributed by atoms with Crippen molar-refractivity contribution in [3.05, 3.63) is 35.9 Å². The van der Waals surface area contributed by atoms with Crippen LogP contribution >= 0.6 is 12.2 Å². The van der Waals surface area contributed by atoms with E-state index in [0.717, 1.165) is 18.2 Å². The fourth-order valence-electron chi connectivity index (χ4n) is 2.19. The highest BCUT2D eigenvalue weighted by Crippen LogP contribution is 2.11. The summed E-state index contributed by atoms with van der Waals surface area (Å²) in [5, 5.41) is 4.32. The van der Waals surface area contributed by atoms with E-state index in [-0.39, 0.29) is 6.04 Å². The smallest absolute Gasteiger partial charge is 0.169 e. The Morgan fingerprint density at radius 3 is 2.50 bits per heavy atom. The Balaban J connectivity index is 1.87. The molecule has 0 aromatic heterocycles. The largest absolute Gasteiger partial charge is 0.356 e. The van der Waals surface area contributed by atoms with E-state index in [9.17, 15) is 0 Å². The highest BCUT2D eigenvalue weighted by atomic mass is 32.1. The summed E-state index contributed by atoms with van der Waals surface area (Å²) in [7, 11) is 2.24. The molecule has 2 rings (SSSR count). The molecule has 0 aliphatic carbocycles. The third kappa shape index (κ3) is 3.43. The maximum atomic E-state index is 5.49. The summed E-state index contributed by atoms with van der Waals surface area (Å²) < 4.78 is 0. The number of nitrogens with zero attached hydrogens (tertiary/aromatic N) is 1. The number of thiocarbonyl (C=S) groups is 1. The molecule has 0 spiro atoms. The topological polar surface area (TPSA) is 19.7 Å². The van der Waals surface area contributed by atoms with Crippen molar-refractivity contribution in [3.8, 4) is 0 Å². The Labute approximate surface area is 115 Å². The normalized spacial score (nSPS) is 18.4. The maximum absolute atomic E-state index is 5.49. The molecule has 98 valence electrons. The van der Waals surface area contributed by atoms with Crippen molar-refractivity contribution in [2.75, 3.05) is 33.2 Å². The molecule has 1 saturated heterocycles. The average molecular weight is 264 g/mol. The van der Waals surface area contributed by atoms with E-state index in [4.69, 9.17) is 12.2 Å². The zero-order valence-electron chi connectivity index (χ0n) is 11.1. The quantitative estimate of drug-likeness (QED) is 0.757. The van der Waals surface area contributed by atoms with Crippen LogP contribution in [-0.2, 0) is 0 Å². The van der Waals surface area contributed by atoms with Gasteiger partial charge in [-0.25, -0.2) is 0 Å². The Bertz CT molecular complexity index is 385. The fourth-order valence-corrected chi connectivity index (χ4v) is 2.55. The molecule has 1 aliphatic heterocycles. The number of benzene rings is 1. The van der Waals surface area contributed by atoms with Gasteiger partial charge in [0, 0.05) is 0 Å². The van der Waals surface area contributed by atoms with Crippen molar-refractivity contribution in [2.24, 2.45) is 0 Å². The molecule has 1 aromatic rings. The van der Waals surface area contributed by atoms with Gasteiger partial charge in [0.05, 0.1) is 39.3 Å². The molecule has 0 saturated carbocycles. The lowest BCUT2D eigenvalue weighted by atomic mass is 10.1. The molecule has 0 amide bonds. The average Bonchev–Trinajstić information content (AvgIpc) is 2.40. The van der Waals surface area contributed by atoms with Gasteiger partial charge in [-0.05, 0) is 24.7 Å². The number of likely N-dealkylation sites (N-methyl/N-ethyl adjacent to an activating group) is 1. The molecular formula is C14H22N3S+. The van der Waals surface area contributed by atoms with Crippen molar-refractivity contribution >= 4 is 17.3 Å². The SMILES string of the molecule is C[C@H](NC(=S)N1CC[NH+](C)CC1)c1ccccc1. The third-order valence-electron chi connectivity index (χ3n) is 3.54. The lowest BCUT2D eigenvalue weighted by Crippen LogP contribution is -3.12. The summed E-state index contributed by atoms with van der Waals surface area (Å²) in [6.45, 7) is 6.60. The standard InChI is InChI=1S/C14H21N3S/c1-12(13-6-4-3-5-7-13)15-14(18)17-10-8-16(2)9-11-17/h3-7,12H,8-11H2,1-2H3,(H,15,18)/p+1/t12-/m0/s1. The van der Waals surface area contributed by atoms with Gasteiger partial charge in [0.15, 0.2) is 5.11 Å². The molecule has 1 fully saturated rings. The molecular weight excluding hydrogens is 242 g/mol. The summed E-state index contributed by atoms with van der Waals surface area (Å²) in [6, 6.07) is 10.7. The van der Waals surface area contributed by atoms with Gasteiger partial charge >= 0.3 is 0 Å². The van der Waals surface area contributed by atoms with Crippen LogP contribution in [0.2, 0.25) is 0 Å². The van der Waals surface area contributed by atoms with Crippen LogP contribution < -0.4 is 10.2 Å². The van der Waals surface area contributed by atoms with Crippen molar-refractivity contribution in [2.45, 2.75) is 13.0 Å². The summed E-state index contributed by atoms with van der Waals surface area (Å²) >= 11 is 5.49. The van der Waals surface area contributed by atoms with Crippen LogP contribution in [0.3, 0.4) is 0 Å². The van der Waals surface area contributed by atoms with Crippen LogP contribution in [0.5, 0.6) is 0 Å². The highest BCUT2D eigenvalue weighted by Gasteiger charge is 2.19. The van der Waals surface area contributed by atoms with Crippen LogP contribution in [0.15, 0.2) is 30.3 Å². The van der Waals surface area contributed by atoms with Gasteiger partial charge in [0.2, 0.25) is 0 Å². The fraction of sp³-hybridized carbons (Fsp3) is 0.500. The number of quaternary nitrogens is 1. The second-order valence-corrected chi connectivity index (χ2v) is 5.41. The molecule has 0 unspecified atom stereocenters. The summed E-state index contributed by atoms with van der Waals surface area (Å²) in [5.74, 6) is 0. The van der Waals surface area contributed by atoms with Gasteiger partial charge in [0.1, 0.15) is 0 Å². The van der Waals surface area contributed by atoms with Crippen molar-refractivity contribution in [1.29, 1.82) is 0 Å². The molecule has 3 nitrogen and oxygen atoms in total. The second-order valence-electron chi connectivity index (χ2n) is 5.03. The lowest BCUT2D eigenvalue weighted by molar-refractivity contribution is -0.883. The van der Waals surface area contributed by atoms with Crippen LogP contribution in [0.1, 0.15) is 18.5 Å². The van der Waals surface area contributed by atoms with Crippen LogP contribution in [0, 0.1) is 0 Å². The minimum Gasteiger partial charge on any atom is -0.356 e. The monoisotopic (exact) mass is 264 g/mol. The molecule has 1 atom stereocenters. The predicted octanol–water partition coefficient (Wildman–Crippen LogP) is 0.452. The van der Waals surface area contributed by atoms with E-state index in [1.54, 1.807) is 4.90 Å². The van der Waals surface area contributed by atoms with Gasteiger partial charge in [-0.2, -0.15) is 0 Å². The van der Waals surface area contributed by atoms with Gasteiger partial charge in [-0.3, -0.25) is 0 Å². The first-order valence-electron chi connectivity index (χ1n) is 6.58. The number of rotatable bonds is 2. The Morgan fingerprint density at radius 2 is 1.89 bits per heavy atom. The number of hydrogen-bond donors (Lipinski definition) is 2. The van der Waals surface area contributed by atoms with Crippen molar-refractivity contribution < 1.29 is 4.90 Å². The van der Waals surface area contributed by atoms with Gasteiger partial charge in [-0.1, -0.05) is 30.3 Å².